The van der Waals surface area contributed by atoms with Crippen molar-refractivity contribution in [2.75, 3.05) is 19.6 Å². The molecule has 0 aliphatic carbocycles. The minimum absolute atomic E-state index is 0.0371. The van der Waals surface area contributed by atoms with Crippen molar-refractivity contribution in [1.29, 1.82) is 0 Å². The maximum Gasteiger partial charge on any atom is 0.490 e. The molecule has 1 fully saturated rings. The Morgan fingerprint density at radius 2 is 1.18 bits per heavy atom. The van der Waals surface area contributed by atoms with Gasteiger partial charge in [0.15, 0.2) is 0 Å². The smallest absolute Gasteiger partial charge is 0.475 e. The molecule has 2 aliphatic heterocycles. The number of rotatable bonds is 3. The Kier molecular flexibility index (Phi) is 13.7. The van der Waals surface area contributed by atoms with E-state index in [1.54, 1.807) is 12.1 Å². The highest BCUT2D eigenvalue weighted by Crippen LogP contribution is 2.37. The van der Waals surface area contributed by atoms with Gasteiger partial charge in [-0.3, -0.25) is 4.90 Å². The largest absolute Gasteiger partial charge is 0.490 e. The Hall–Kier alpha value is -4.72. The van der Waals surface area contributed by atoms with Crippen LogP contribution in [0.3, 0.4) is 0 Å². The summed E-state index contributed by atoms with van der Waals surface area (Å²) < 4.78 is 111. The summed E-state index contributed by atoms with van der Waals surface area (Å²) in [4.78, 5) is 34.0. The molecule has 1 aromatic heterocycles. The highest BCUT2D eigenvalue weighted by Gasteiger charge is 2.42. The van der Waals surface area contributed by atoms with Crippen molar-refractivity contribution in [1.82, 2.24) is 19.8 Å². The molecule has 1 saturated heterocycles. The number of fused-ring (bicyclic) bond motifs is 2. The van der Waals surface area contributed by atoms with Crippen LogP contribution < -0.4 is 5.32 Å². The van der Waals surface area contributed by atoms with E-state index in [1.165, 1.54) is 22.6 Å². The Labute approximate surface area is 270 Å². The van der Waals surface area contributed by atoms with Crippen molar-refractivity contribution in [3.05, 3.63) is 78.0 Å². The third kappa shape index (κ3) is 12.3. The number of benzene rings is 2. The fourth-order valence-electron chi connectivity index (χ4n) is 4.65. The van der Waals surface area contributed by atoms with Crippen LogP contribution in [0.4, 0.5) is 43.9 Å². The van der Waals surface area contributed by atoms with Gasteiger partial charge in [0.25, 0.3) is 0 Å². The normalized spacial score (nSPS) is 15.6. The molecule has 3 heterocycles. The van der Waals surface area contributed by atoms with Gasteiger partial charge < -0.3 is 25.2 Å². The van der Waals surface area contributed by atoms with Gasteiger partial charge in [-0.15, -0.1) is 0 Å². The van der Waals surface area contributed by atoms with E-state index in [2.05, 4.69) is 45.1 Å². The predicted molar refractivity (Wildman–Crippen MR) is 149 cm³/mol. The van der Waals surface area contributed by atoms with Crippen LogP contribution in [0.15, 0.2) is 60.8 Å². The average molecular weight is 719 g/mol. The first-order chi connectivity index (χ1) is 22.6. The maximum absolute atomic E-state index is 13.1. The third-order valence-electron chi connectivity index (χ3n) is 6.91. The summed E-state index contributed by atoms with van der Waals surface area (Å²) in [6, 6.07) is 17.4. The molecule has 0 atom stereocenters. The number of aromatic nitrogens is 2. The summed E-state index contributed by atoms with van der Waals surface area (Å²) in [6.07, 6.45) is -11.1. The molecular formula is C29H28F10N4O6. The number of hydrogen-bond donors (Lipinski definition) is 4. The first kappa shape index (κ1) is 40.5. The number of alkyl halides is 9. The molecule has 2 aliphatic rings. The molecular weight excluding hydrogens is 690 g/mol. The summed E-state index contributed by atoms with van der Waals surface area (Å²) in [7, 11) is 0. The zero-order valence-electron chi connectivity index (χ0n) is 24.9. The number of carboxylic acid groups (broad SMARTS) is 3. The third-order valence-corrected chi connectivity index (χ3v) is 6.91. The number of nitrogens with one attached hydrogen (secondary N) is 1. The lowest BCUT2D eigenvalue weighted by Gasteiger charge is -2.44. The highest BCUT2D eigenvalue weighted by atomic mass is 19.4. The molecule has 20 heteroatoms. The number of halogens is 10. The minimum atomic E-state index is -5.08. The lowest BCUT2D eigenvalue weighted by Crippen LogP contribution is -2.55. The van der Waals surface area contributed by atoms with Crippen LogP contribution in [-0.4, -0.2) is 85.8 Å². The highest BCUT2D eigenvalue weighted by molar-refractivity contribution is 5.73. The van der Waals surface area contributed by atoms with E-state index >= 15 is 0 Å². The first-order valence-corrected chi connectivity index (χ1v) is 13.8. The molecule has 3 aromatic rings. The van der Waals surface area contributed by atoms with Crippen molar-refractivity contribution in [2.24, 2.45) is 0 Å². The molecule has 0 radical (unpaired) electrons. The van der Waals surface area contributed by atoms with Gasteiger partial charge in [-0.25, -0.2) is 23.8 Å². The number of likely N-dealkylation sites (tertiary alicyclic amines) is 1. The molecule has 10 nitrogen and oxygen atoms in total. The zero-order valence-corrected chi connectivity index (χ0v) is 24.9. The average Bonchev–Trinajstić information content (AvgIpc) is 3.45. The van der Waals surface area contributed by atoms with E-state index in [9.17, 15) is 43.9 Å². The zero-order chi connectivity index (χ0) is 37.2. The summed E-state index contributed by atoms with van der Waals surface area (Å²) in [6.45, 7) is 4.83. The summed E-state index contributed by atoms with van der Waals surface area (Å²) in [5.74, 6) is -7.26. The van der Waals surface area contributed by atoms with Crippen molar-refractivity contribution >= 4 is 17.9 Å². The second-order valence-electron chi connectivity index (χ2n) is 10.3. The van der Waals surface area contributed by atoms with E-state index in [0.29, 0.717) is 0 Å². The first-order valence-electron chi connectivity index (χ1n) is 13.8. The number of imidazole rings is 1. The Morgan fingerprint density at radius 3 is 1.61 bits per heavy atom. The molecule has 2 aromatic carbocycles. The molecule has 5 rings (SSSR count). The molecule has 49 heavy (non-hydrogen) atoms. The van der Waals surface area contributed by atoms with Crippen molar-refractivity contribution in [3.8, 4) is 11.3 Å². The fraction of sp³-hybridized carbons (Fsp3) is 0.379. The Morgan fingerprint density at radius 1 is 0.735 bits per heavy atom. The topological polar surface area (TPSA) is 145 Å². The summed E-state index contributed by atoms with van der Waals surface area (Å²) in [5.41, 5.74) is 3.57. The number of hydrogen-bond acceptors (Lipinski definition) is 6. The van der Waals surface area contributed by atoms with E-state index in [1.807, 2.05) is 18.3 Å². The van der Waals surface area contributed by atoms with Gasteiger partial charge in [-0.1, -0.05) is 42.5 Å². The van der Waals surface area contributed by atoms with Gasteiger partial charge in [0, 0.05) is 32.7 Å². The van der Waals surface area contributed by atoms with Crippen molar-refractivity contribution < 1.29 is 73.6 Å². The van der Waals surface area contributed by atoms with Crippen LogP contribution in [0.25, 0.3) is 11.3 Å². The van der Waals surface area contributed by atoms with Crippen LogP contribution in [0.1, 0.15) is 24.2 Å². The summed E-state index contributed by atoms with van der Waals surface area (Å²) in [5, 5.41) is 25.2. The van der Waals surface area contributed by atoms with Crippen LogP contribution >= 0.6 is 0 Å². The van der Waals surface area contributed by atoms with Gasteiger partial charge >= 0.3 is 36.4 Å². The van der Waals surface area contributed by atoms with Gasteiger partial charge in [-0.05, 0) is 36.1 Å². The van der Waals surface area contributed by atoms with Gasteiger partial charge in [0.05, 0.1) is 17.4 Å². The Bertz CT molecular complexity index is 1480. The molecule has 4 N–H and O–H groups in total. The van der Waals surface area contributed by atoms with Crippen LogP contribution in [-0.2, 0) is 33.0 Å². The lowest BCUT2D eigenvalue weighted by atomic mass is 9.85. The number of carboxylic acids is 3. The van der Waals surface area contributed by atoms with E-state index in [-0.39, 0.29) is 11.4 Å². The molecule has 0 saturated carbocycles. The van der Waals surface area contributed by atoms with Gasteiger partial charge in [0.1, 0.15) is 11.6 Å². The van der Waals surface area contributed by atoms with Gasteiger partial charge in [-0.2, -0.15) is 39.5 Å². The molecule has 0 bridgehead atoms. The SMILES string of the molecule is Fc1ccc(CN2CCC3(CC2)NCCn2c(-c4ccccc4)cnc23)cc1.O=C(O)C(F)(F)F.O=C(O)C(F)(F)F.O=C(O)C(F)(F)F. The Balaban J connectivity index is 0.000000325. The molecule has 0 unspecified atom stereocenters. The van der Waals surface area contributed by atoms with E-state index in [4.69, 9.17) is 34.7 Å². The summed E-state index contributed by atoms with van der Waals surface area (Å²) >= 11 is 0. The molecule has 1 spiro atoms. The number of nitrogens with zero attached hydrogens (tertiary/aromatic N) is 3. The van der Waals surface area contributed by atoms with Crippen molar-refractivity contribution in [3.63, 3.8) is 0 Å². The minimum Gasteiger partial charge on any atom is -0.475 e. The predicted octanol–water partition coefficient (Wildman–Crippen LogP) is 5.68. The lowest BCUT2D eigenvalue weighted by molar-refractivity contribution is -0.193. The quantitative estimate of drug-likeness (QED) is 0.252. The fourth-order valence-corrected chi connectivity index (χ4v) is 4.65. The monoisotopic (exact) mass is 718 g/mol. The number of piperidine rings is 1. The van der Waals surface area contributed by atoms with Gasteiger partial charge in [0.2, 0.25) is 0 Å². The van der Waals surface area contributed by atoms with E-state index < -0.39 is 36.4 Å². The van der Waals surface area contributed by atoms with Crippen molar-refractivity contribution in [2.45, 2.75) is 50.0 Å². The maximum atomic E-state index is 13.1. The second-order valence-corrected chi connectivity index (χ2v) is 10.3. The molecule has 0 amide bonds. The van der Waals surface area contributed by atoms with E-state index in [0.717, 1.165) is 45.6 Å². The van der Waals surface area contributed by atoms with Crippen LogP contribution in [0, 0.1) is 5.82 Å². The number of aliphatic carboxylic acids is 3. The second kappa shape index (κ2) is 16.6. The number of carbonyl (C=O) groups is 3. The van der Waals surface area contributed by atoms with Crippen LogP contribution in [0.2, 0.25) is 0 Å². The standard InChI is InChI=1S/C23H25FN4.3C2HF3O2/c24-20-8-6-18(7-9-20)17-27-13-10-23(11-14-27)22-25-16-21(28(22)15-12-26-23)19-4-2-1-3-5-19;3*3-2(4,5)1(6)7/h1-9,16,26H,10-15,17H2;3*(H,6,7). The molecule has 270 valence electrons. The van der Waals surface area contributed by atoms with Crippen LogP contribution in [0.5, 0.6) is 0 Å².